The second-order valence-corrected chi connectivity index (χ2v) is 9.53. The number of aryl methyl sites for hydroxylation is 3. The van der Waals surface area contributed by atoms with Crippen LogP contribution < -0.4 is 4.90 Å². The van der Waals surface area contributed by atoms with Gasteiger partial charge in [0.1, 0.15) is 21.3 Å². The number of esters is 1. The van der Waals surface area contributed by atoms with E-state index in [0.717, 1.165) is 31.4 Å². The normalized spacial score (nSPS) is 14.4. The minimum Gasteiger partial charge on any atom is -0.462 e. The highest BCUT2D eigenvalue weighted by atomic mass is 32.1. The smallest absolute Gasteiger partial charge is 0.348 e. The number of thiophene rings is 2. The topological polar surface area (TPSA) is 75.6 Å². The number of hydrogen-bond donors (Lipinski definition) is 0. The first-order chi connectivity index (χ1) is 14.4. The van der Waals surface area contributed by atoms with Crippen LogP contribution in [0.5, 0.6) is 0 Å². The van der Waals surface area contributed by atoms with Crippen LogP contribution >= 0.6 is 22.7 Å². The molecule has 0 radical (unpaired) electrons. The Morgan fingerprint density at radius 2 is 1.80 bits per heavy atom. The third kappa shape index (κ3) is 3.79. The lowest BCUT2D eigenvalue weighted by molar-refractivity contribution is 0.0531. The molecule has 30 heavy (non-hydrogen) atoms. The maximum atomic E-state index is 12.8. The lowest BCUT2D eigenvalue weighted by Crippen LogP contribution is -2.49. The molecular formula is C21H24N4O3S2. The Kier molecular flexibility index (Phi) is 5.75. The van der Waals surface area contributed by atoms with E-state index >= 15 is 0 Å². The highest BCUT2D eigenvalue weighted by Gasteiger charge is 2.27. The van der Waals surface area contributed by atoms with Crippen molar-refractivity contribution in [2.45, 2.75) is 27.7 Å². The SMILES string of the molecule is CCOC(=O)c1sc2nc(C)nc(N3CCN(C(=O)c4ccc(C)s4)CC3)c2c1C. The van der Waals surface area contributed by atoms with Crippen molar-refractivity contribution in [3.8, 4) is 0 Å². The molecule has 1 saturated heterocycles. The van der Waals surface area contributed by atoms with Gasteiger partial charge in [-0.05, 0) is 45.4 Å². The number of aromatic nitrogens is 2. The molecule has 0 unspecified atom stereocenters. The number of carbonyl (C=O) groups excluding carboxylic acids is 2. The largest absolute Gasteiger partial charge is 0.462 e. The summed E-state index contributed by atoms with van der Waals surface area (Å²) in [6.45, 7) is 10.6. The van der Waals surface area contributed by atoms with Crippen molar-refractivity contribution in [3.05, 3.63) is 38.2 Å². The number of piperazine rings is 1. The van der Waals surface area contributed by atoms with E-state index in [-0.39, 0.29) is 11.9 Å². The number of fused-ring (bicyclic) bond motifs is 1. The summed E-state index contributed by atoms with van der Waals surface area (Å²) in [6, 6.07) is 3.88. The van der Waals surface area contributed by atoms with Crippen LogP contribution in [0.2, 0.25) is 0 Å². The molecule has 0 saturated carbocycles. The average molecular weight is 445 g/mol. The van der Waals surface area contributed by atoms with Gasteiger partial charge < -0.3 is 14.5 Å². The molecule has 1 aliphatic rings. The molecule has 3 aromatic heterocycles. The number of anilines is 1. The summed E-state index contributed by atoms with van der Waals surface area (Å²) >= 11 is 2.89. The van der Waals surface area contributed by atoms with E-state index in [1.54, 1.807) is 6.92 Å². The first-order valence-electron chi connectivity index (χ1n) is 9.94. The fourth-order valence-electron chi connectivity index (χ4n) is 3.67. The van der Waals surface area contributed by atoms with Gasteiger partial charge in [-0.25, -0.2) is 14.8 Å². The van der Waals surface area contributed by atoms with Crippen LogP contribution in [0.25, 0.3) is 10.2 Å². The molecule has 0 spiro atoms. The fraction of sp³-hybridized carbons (Fsp3) is 0.429. The molecule has 4 rings (SSSR count). The van der Waals surface area contributed by atoms with Gasteiger partial charge in [0.25, 0.3) is 5.91 Å². The average Bonchev–Trinajstić information content (AvgIpc) is 3.30. The minimum atomic E-state index is -0.316. The Morgan fingerprint density at radius 1 is 1.07 bits per heavy atom. The number of rotatable bonds is 4. The Balaban J connectivity index is 1.59. The second-order valence-electron chi connectivity index (χ2n) is 7.24. The zero-order valence-corrected chi connectivity index (χ0v) is 19.2. The van der Waals surface area contributed by atoms with Crippen LogP contribution in [0.15, 0.2) is 12.1 Å². The summed E-state index contributed by atoms with van der Waals surface area (Å²) in [4.78, 5) is 41.7. The standard InChI is InChI=1S/C21H24N4O3S2/c1-5-28-21(27)17-13(3)16-18(22-14(4)23-19(16)30-17)24-8-10-25(11-9-24)20(26)15-7-6-12(2)29-15/h6-7H,5,8-11H2,1-4H3. The number of nitrogens with zero attached hydrogens (tertiary/aromatic N) is 4. The van der Waals surface area contributed by atoms with Crippen LogP contribution in [0, 0.1) is 20.8 Å². The third-order valence-electron chi connectivity index (χ3n) is 5.16. The third-order valence-corrected chi connectivity index (χ3v) is 7.32. The van der Waals surface area contributed by atoms with Gasteiger partial charge in [0.15, 0.2) is 0 Å². The molecule has 0 aromatic carbocycles. The van der Waals surface area contributed by atoms with Gasteiger partial charge in [-0.15, -0.1) is 22.7 Å². The quantitative estimate of drug-likeness (QED) is 0.570. The first-order valence-corrected chi connectivity index (χ1v) is 11.6. The van der Waals surface area contributed by atoms with Crippen molar-refractivity contribution in [1.29, 1.82) is 0 Å². The van der Waals surface area contributed by atoms with Crippen LogP contribution in [-0.4, -0.2) is 59.5 Å². The van der Waals surface area contributed by atoms with E-state index in [1.165, 1.54) is 22.7 Å². The Bertz CT molecular complexity index is 1110. The Morgan fingerprint density at radius 3 is 2.43 bits per heavy atom. The molecule has 1 fully saturated rings. The van der Waals surface area contributed by atoms with Gasteiger partial charge in [0.05, 0.1) is 16.9 Å². The molecule has 0 atom stereocenters. The highest BCUT2D eigenvalue weighted by Crippen LogP contribution is 2.36. The molecular weight excluding hydrogens is 420 g/mol. The number of amides is 1. The van der Waals surface area contributed by atoms with E-state index in [9.17, 15) is 9.59 Å². The molecule has 0 N–H and O–H groups in total. The first kappa shape index (κ1) is 20.7. The van der Waals surface area contributed by atoms with Crippen LogP contribution in [0.1, 0.15) is 42.5 Å². The molecule has 158 valence electrons. The number of ether oxygens (including phenoxy) is 1. The van der Waals surface area contributed by atoms with Crippen molar-refractivity contribution in [3.63, 3.8) is 0 Å². The Labute approximate surface area is 183 Å². The molecule has 0 bridgehead atoms. The van der Waals surface area contributed by atoms with E-state index in [2.05, 4.69) is 9.88 Å². The van der Waals surface area contributed by atoms with Crippen LogP contribution in [0.4, 0.5) is 5.82 Å². The molecule has 3 aromatic rings. The van der Waals surface area contributed by atoms with Gasteiger partial charge in [-0.2, -0.15) is 0 Å². The summed E-state index contributed by atoms with van der Waals surface area (Å²) in [5.74, 6) is 1.28. The lowest BCUT2D eigenvalue weighted by atomic mass is 10.1. The van der Waals surface area contributed by atoms with Crippen molar-refractivity contribution in [2.24, 2.45) is 0 Å². The van der Waals surface area contributed by atoms with Crippen molar-refractivity contribution >= 4 is 50.6 Å². The van der Waals surface area contributed by atoms with Crippen LogP contribution in [-0.2, 0) is 4.74 Å². The predicted octanol–water partition coefficient (Wildman–Crippen LogP) is 3.82. The maximum absolute atomic E-state index is 12.8. The molecule has 1 aliphatic heterocycles. The van der Waals surface area contributed by atoms with Gasteiger partial charge in [-0.3, -0.25) is 4.79 Å². The summed E-state index contributed by atoms with van der Waals surface area (Å²) < 4.78 is 5.20. The maximum Gasteiger partial charge on any atom is 0.348 e. The highest BCUT2D eigenvalue weighted by molar-refractivity contribution is 7.20. The van der Waals surface area contributed by atoms with Crippen molar-refractivity contribution in [1.82, 2.24) is 14.9 Å². The molecule has 4 heterocycles. The molecule has 0 aliphatic carbocycles. The predicted molar refractivity (Wildman–Crippen MR) is 120 cm³/mol. The molecule has 9 heteroatoms. The summed E-state index contributed by atoms with van der Waals surface area (Å²) in [6.07, 6.45) is 0. The van der Waals surface area contributed by atoms with Crippen molar-refractivity contribution in [2.75, 3.05) is 37.7 Å². The number of carbonyl (C=O) groups is 2. The van der Waals surface area contributed by atoms with Gasteiger partial charge >= 0.3 is 5.97 Å². The zero-order valence-electron chi connectivity index (χ0n) is 17.5. The second kappa shape index (κ2) is 8.31. The fourth-order valence-corrected chi connectivity index (χ4v) is 5.62. The zero-order chi connectivity index (χ0) is 21.4. The minimum absolute atomic E-state index is 0.0908. The molecule has 7 nitrogen and oxygen atoms in total. The van der Waals surface area contributed by atoms with E-state index in [1.807, 2.05) is 37.8 Å². The van der Waals surface area contributed by atoms with E-state index < -0.39 is 0 Å². The van der Waals surface area contributed by atoms with E-state index in [4.69, 9.17) is 9.72 Å². The molecule has 1 amide bonds. The lowest BCUT2D eigenvalue weighted by Gasteiger charge is -2.35. The Hall–Kier alpha value is -2.52. The summed E-state index contributed by atoms with van der Waals surface area (Å²) in [7, 11) is 0. The van der Waals surface area contributed by atoms with Gasteiger partial charge in [-0.1, -0.05) is 0 Å². The van der Waals surface area contributed by atoms with Gasteiger partial charge in [0.2, 0.25) is 0 Å². The monoisotopic (exact) mass is 444 g/mol. The van der Waals surface area contributed by atoms with Gasteiger partial charge in [0, 0.05) is 31.1 Å². The summed E-state index contributed by atoms with van der Waals surface area (Å²) in [5.41, 5.74) is 0.857. The van der Waals surface area contributed by atoms with E-state index in [0.29, 0.717) is 43.5 Å². The summed E-state index contributed by atoms with van der Waals surface area (Å²) in [5, 5.41) is 0.905. The number of hydrogen-bond acceptors (Lipinski definition) is 8. The van der Waals surface area contributed by atoms with Crippen LogP contribution in [0.3, 0.4) is 0 Å². The van der Waals surface area contributed by atoms with Crippen molar-refractivity contribution < 1.29 is 14.3 Å².